The molecule has 0 radical (unpaired) electrons. The van der Waals surface area contributed by atoms with Gasteiger partial charge in [-0.2, -0.15) is 0 Å². The summed E-state index contributed by atoms with van der Waals surface area (Å²) in [6.45, 7) is 0. The monoisotopic (exact) mass is 381 g/mol. The van der Waals surface area contributed by atoms with E-state index < -0.39 is 17.6 Å². The smallest absolute Gasteiger partial charge is 0.340 e. The number of nitrogens with one attached hydrogen (secondary N) is 1. The van der Waals surface area contributed by atoms with Crippen molar-refractivity contribution in [3.63, 3.8) is 0 Å². The van der Waals surface area contributed by atoms with Gasteiger partial charge in [-0.1, -0.05) is 15.9 Å². The molecule has 0 aliphatic heterocycles. The van der Waals surface area contributed by atoms with Crippen LogP contribution >= 0.6 is 15.9 Å². The Hall–Kier alpha value is -2.41. The van der Waals surface area contributed by atoms with E-state index in [0.29, 0.717) is 9.86 Å². The van der Waals surface area contributed by atoms with Crippen LogP contribution in [0.15, 0.2) is 45.5 Å². The molecular weight excluding hydrogens is 372 g/mol. The topological polar surface area (TPSA) is 51.5 Å². The van der Waals surface area contributed by atoms with E-state index in [1.165, 1.54) is 37.6 Å². The Morgan fingerprint density at radius 3 is 2.74 bits per heavy atom. The van der Waals surface area contributed by atoms with Gasteiger partial charge in [-0.25, -0.2) is 13.6 Å². The summed E-state index contributed by atoms with van der Waals surface area (Å²) in [5, 5.41) is 3.01. The van der Waals surface area contributed by atoms with E-state index in [-0.39, 0.29) is 22.5 Å². The molecule has 2 aromatic carbocycles. The van der Waals surface area contributed by atoms with E-state index in [4.69, 9.17) is 4.42 Å². The first-order chi connectivity index (χ1) is 11.0. The molecule has 3 rings (SSSR count). The minimum absolute atomic E-state index is 0.0168. The van der Waals surface area contributed by atoms with Gasteiger partial charge < -0.3 is 14.5 Å². The lowest BCUT2D eigenvalue weighted by Gasteiger charge is -2.13. The van der Waals surface area contributed by atoms with E-state index in [9.17, 15) is 13.6 Å². The third-order valence-corrected chi connectivity index (χ3v) is 3.77. The zero-order valence-electron chi connectivity index (χ0n) is 11.8. The summed E-state index contributed by atoms with van der Waals surface area (Å²) in [6.07, 6.45) is 1.30. The van der Waals surface area contributed by atoms with Crippen molar-refractivity contribution in [1.29, 1.82) is 0 Å². The molecule has 118 valence electrons. The third kappa shape index (κ3) is 2.79. The lowest BCUT2D eigenvalue weighted by atomic mass is 10.1. The average molecular weight is 382 g/mol. The van der Waals surface area contributed by atoms with Gasteiger partial charge in [0.1, 0.15) is 5.82 Å². The van der Waals surface area contributed by atoms with Gasteiger partial charge in [-0.05, 0) is 30.3 Å². The summed E-state index contributed by atoms with van der Waals surface area (Å²) in [5.41, 5.74) is -0.275. The summed E-state index contributed by atoms with van der Waals surface area (Å²) in [5.74, 6) is -2.14. The SMILES string of the molecule is COC(=O)c1cc2ccoc2c(F)c1Nc1ccc(Br)cc1F. The van der Waals surface area contributed by atoms with Gasteiger partial charge in [-0.3, -0.25) is 0 Å². The number of carbonyl (C=O) groups excluding carboxylic acids is 1. The van der Waals surface area contributed by atoms with Crippen LogP contribution in [0.1, 0.15) is 10.4 Å². The van der Waals surface area contributed by atoms with Crippen molar-refractivity contribution < 1.29 is 22.7 Å². The molecule has 0 saturated heterocycles. The highest BCUT2D eigenvalue weighted by Gasteiger charge is 2.22. The predicted octanol–water partition coefficient (Wildman–Crippen LogP) is 5.00. The van der Waals surface area contributed by atoms with Crippen LogP contribution in [0.25, 0.3) is 11.0 Å². The maximum atomic E-state index is 14.7. The number of fused-ring (bicyclic) bond motifs is 1. The number of anilines is 2. The normalized spacial score (nSPS) is 10.8. The molecule has 0 saturated carbocycles. The molecule has 7 heteroatoms. The Morgan fingerprint density at radius 2 is 2.04 bits per heavy atom. The minimum Gasteiger partial charge on any atom is -0.465 e. The van der Waals surface area contributed by atoms with Crippen molar-refractivity contribution in [3.05, 3.63) is 58.3 Å². The maximum absolute atomic E-state index is 14.7. The number of benzene rings is 2. The summed E-state index contributed by atoms with van der Waals surface area (Å²) >= 11 is 3.14. The molecule has 0 aliphatic carbocycles. The van der Waals surface area contributed by atoms with Crippen molar-refractivity contribution in [2.24, 2.45) is 0 Å². The predicted molar refractivity (Wildman–Crippen MR) is 84.9 cm³/mol. The van der Waals surface area contributed by atoms with E-state index in [1.54, 1.807) is 6.07 Å². The Balaban J connectivity index is 2.17. The molecule has 4 nitrogen and oxygen atoms in total. The summed E-state index contributed by atoms with van der Waals surface area (Å²) in [6, 6.07) is 7.18. The largest absolute Gasteiger partial charge is 0.465 e. The molecule has 0 bridgehead atoms. The number of rotatable bonds is 3. The Labute approximate surface area is 138 Å². The standard InChI is InChI=1S/C16H10BrF2NO3/c1-22-16(21)10-6-8-4-5-23-15(8)13(19)14(10)20-12-3-2-9(17)7-11(12)18/h2-7,20H,1H3. The highest BCUT2D eigenvalue weighted by molar-refractivity contribution is 9.10. The molecular formula is C16H10BrF2NO3. The van der Waals surface area contributed by atoms with Gasteiger partial charge in [0.25, 0.3) is 0 Å². The van der Waals surface area contributed by atoms with Crippen LogP contribution in [0.3, 0.4) is 0 Å². The van der Waals surface area contributed by atoms with E-state index >= 15 is 0 Å². The van der Waals surface area contributed by atoms with E-state index in [2.05, 4.69) is 26.0 Å². The van der Waals surface area contributed by atoms with Crippen molar-refractivity contribution in [2.75, 3.05) is 12.4 Å². The molecule has 0 aliphatic rings. The quantitative estimate of drug-likeness (QED) is 0.648. The average Bonchev–Trinajstić information content (AvgIpc) is 3.00. The Bertz CT molecular complexity index is 908. The van der Waals surface area contributed by atoms with Gasteiger partial charge in [0.15, 0.2) is 11.4 Å². The van der Waals surface area contributed by atoms with Gasteiger partial charge in [0.2, 0.25) is 0 Å². The first-order valence-corrected chi connectivity index (χ1v) is 7.30. The van der Waals surface area contributed by atoms with E-state index in [0.717, 1.165) is 0 Å². The number of hydrogen-bond donors (Lipinski definition) is 1. The molecule has 0 fully saturated rings. The summed E-state index contributed by atoms with van der Waals surface area (Å²) in [4.78, 5) is 11.9. The van der Waals surface area contributed by atoms with E-state index in [1.807, 2.05) is 0 Å². The molecule has 0 unspecified atom stereocenters. The van der Waals surface area contributed by atoms with Crippen molar-refractivity contribution in [2.45, 2.75) is 0 Å². The van der Waals surface area contributed by atoms with Gasteiger partial charge in [-0.15, -0.1) is 0 Å². The molecule has 1 heterocycles. The maximum Gasteiger partial charge on any atom is 0.340 e. The number of carbonyl (C=O) groups is 1. The molecule has 23 heavy (non-hydrogen) atoms. The number of methoxy groups -OCH3 is 1. The highest BCUT2D eigenvalue weighted by Crippen LogP contribution is 2.33. The van der Waals surface area contributed by atoms with Crippen LogP contribution in [0.5, 0.6) is 0 Å². The second-order valence-corrected chi connectivity index (χ2v) is 5.61. The number of furan rings is 1. The minimum atomic E-state index is -0.796. The second kappa shape index (κ2) is 6.00. The first kappa shape index (κ1) is 15.5. The molecule has 3 aromatic rings. The van der Waals surface area contributed by atoms with Gasteiger partial charge in [0, 0.05) is 9.86 Å². The zero-order chi connectivity index (χ0) is 16.6. The fourth-order valence-electron chi connectivity index (χ4n) is 2.19. The van der Waals surface area contributed by atoms with Crippen molar-refractivity contribution in [1.82, 2.24) is 0 Å². The van der Waals surface area contributed by atoms with Crippen LogP contribution in [-0.4, -0.2) is 13.1 Å². The zero-order valence-corrected chi connectivity index (χ0v) is 13.4. The summed E-state index contributed by atoms with van der Waals surface area (Å²) in [7, 11) is 1.18. The summed E-state index contributed by atoms with van der Waals surface area (Å²) < 4.78 is 38.9. The molecule has 0 atom stereocenters. The van der Waals surface area contributed by atoms with Crippen LogP contribution in [0, 0.1) is 11.6 Å². The van der Waals surface area contributed by atoms with Crippen LogP contribution in [0.2, 0.25) is 0 Å². The van der Waals surface area contributed by atoms with Gasteiger partial charge in [0.05, 0.1) is 30.3 Å². The fraction of sp³-hybridized carbons (Fsp3) is 0.0625. The molecule has 0 amide bonds. The highest BCUT2D eigenvalue weighted by atomic mass is 79.9. The number of halogens is 3. The number of ether oxygens (including phenoxy) is 1. The third-order valence-electron chi connectivity index (χ3n) is 3.28. The molecule has 0 spiro atoms. The van der Waals surface area contributed by atoms with Crippen LogP contribution < -0.4 is 5.32 Å². The lowest BCUT2D eigenvalue weighted by Crippen LogP contribution is -2.08. The number of hydrogen-bond acceptors (Lipinski definition) is 4. The van der Waals surface area contributed by atoms with Crippen molar-refractivity contribution in [3.8, 4) is 0 Å². The lowest BCUT2D eigenvalue weighted by molar-refractivity contribution is 0.0601. The molecule has 1 aromatic heterocycles. The Morgan fingerprint density at radius 1 is 1.26 bits per heavy atom. The first-order valence-electron chi connectivity index (χ1n) is 6.51. The fourth-order valence-corrected chi connectivity index (χ4v) is 2.52. The molecule has 1 N–H and O–H groups in total. The number of esters is 1. The van der Waals surface area contributed by atoms with Crippen LogP contribution in [-0.2, 0) is 4.74 Å². The second-order valence-electron chi connectivity index (χ2n) is 4.69. The van der Waals surface area contributed by atoms with Crippen LogP contribution in [0.4, 0.5) is 20.2 Å². The Kier molecular flexibility index (Phi) is 4.04. The van der Waals surface area contributed by atoms with Crippen molar-refractivity contribution >= 4 is 44.2 Å². The van der Waals surface area contributed by atoms with Gasteiger partial charge >= 0.3 is 5.97 Å².